The summed E-state index contributed by atoms with van der Waals surface area (Å²) >= 11 is 0. The first-order valence-electron chi connectivity index (χ1n) is 6.62. The highest BCUT2D eigenvalue weighted by molar-refractivity contribution is 5.81. The summed E-state index contributed by atoms with van der Waals surface area (Å²) in [5, 5.41) is 9.39. The molecule has 5 heteroatoms. The van der Waals surface area contributed by atoms with Gasteiger partial charge in [-0.3, -0.25) is 9.59 Å². The summed E-state index contributed by atoms with van der Waals surface area (Å²) in [6.07, 6.45) is 3.02. The summed E-state index contributed by atoms with van der Waals surface area (Å²) in [7, 11) is 0. The van der Waals surface area contributed by atoms with Gasteiger partial charge >= 0.3 is 5.97 Å². The van der Waals surface area contributed by atoms with Gasteiger partial charge < -0.3 is 14.4 Å². The van der Waals surface area contributed by atoms with E-state index < -0.39 is 17.9 Å². The standard InChI is InChI=1S/C14H19NO4/c1-3-7-15-11(16)5-4-10(14(17)18)12(15)13-9(2)6-8-19-13/h6,8,10,12H,3-5,7H2,1-2H3,(H,17,18). The van der Waals surface area contributed by atoms with Crippen molar-refractivity contribution in [1.82, 2.24) is 4.90 Å². The number of carboxylic acids is 1. The van der Waals surface area contributed by atoms with Crippen LogP contribution in [0.5, 0.6) is 0 Å². The van der Waals surface area contributed by atoms with E-state index in [9.17, 15) is 14.7 Å². The number of amides is 1. The zero-order valence-electron chi connectivity index (χ0n) is 11.3. The second-order valence-electron chi connectivity index (χ2n) is 4.98. The van der Waals surface area contributed by atoms with E-state index >= 15 is 0 Å². The molecule has 2 atom stereocenters. The van der Waals surface area contributed by atoms with Crippen molar-refractivity contribution in [2.75, 3.05) is 6.54 Å². The maximum atomic E-state index is 12.1. The molecular formula is C14H19NO4. The molecule has 1 N–H and O–H groups in total. The van der Waals surface area contributed by atoms with Crippen molar-refractivity contribution < 1.29 is 19.1 Å². The van der Waals surface area contributed by atoms with Crippen molar-refractivity contribution in [3.8, 4) is 0 Å². The number of piperidine rings is 1. The van der Waals surface area contributed by atoms with Crippen LogP contribution in [0.3, 0.4) is 0 Å². The molecule has 0 bridgehead atoms. The Morgan fingerprint density at radius 2 is 2.32 bits per heavy atom. The number of furan rings is 1. The first kappa shape index (κ1) is 13.6. The zero-order valence-corrected chi connectivity index (χ0v) is 11.3. The Hall–Kier alpha value is -1.78. The topological polar surface area (TPSA) is 70.8 Å². The van der Waals surface area contributed by atoms with E-state index in [1.54, 1.807) is 17.2 Å². The van der Waals surface area contributed by atoms with Crippen LogP contribution in [0.1, 0.15) is 43.6 Å². The van der Waals surface area contributed by atoms with Gasteiger partial charge in [0, 0.05) is 13.0 Å². The normalized spacial score (nSPS) is 23.7. The lowest BCUT2D eigenvalue weighted by Gasteiger charge is -2.38. The largest absolute Gasteiger partial charge is 0.481 e. The molecule has 2 rings (SSSR count). The monoisotopic (exact) mass is 265 g/mol. The number of likely N-dealkylation sites (tertiary alicyclic amines) is 1. The predicted molar refractivity (Wildman–Crippen MR) is 68.5 cm³/mol. The van der Waals surface area contributed by atoms with Gasteiger partial charge in [0.05, 0.1) is 12.2 Å². The van der Waals surface area contributed by atoms with Crippen LogP contribution in [-0.4, -0.2) is 28.4 Å². The number of carbonyl (C=O) groups is 2. The first-order chi connectivity index (χ1) is 9.06. The lowest BCUT2D eigenvalue weighted by molar-refractivity contribution is -0.152. The van der Waals surface area contributed by atoms with Crippen LogP contribution >= 0.6 is 0 Å². The van der Waals surface area contributed by atoms with E-state index in [0.717, 1.165) is 12.0 Å². The lowest BCUT2D eigenvalue weighted by Crippen LogP contribution is -2.45. The van der Waals surface area contributed by atoms with Gasteiger partial charge in [0.25, 0.3) is 0 Å². The van der Waals surface area contributed by atoms with Crippen molar-refractivity contribution in [2.24, 2.45) is 5.92 Å². The first-order valence-corrected chi connectivity index (χ1v) is 6.62. The molecule has 0 spiro atoms. The minimum atomic E-state index is -0.866. The average molecular weight is 265 g/mol. The molecule has 1 amide bonds. The number of rotatable bonds is 4. The second-order valence-corrected chi connectivity index (χ2v) is 4.98. The summed E-state index contributed by atoms with van der Waals surface area (Å²) in [4.78, 5) is 25.2. The molecule has 1 aliphatic rings. The van der Waals surface area contributed by atoms with Crippen LogP contribution in [0.2, 0.25) is 0 Å². The zero-order chi connectivity index (χ0) is 14.0. The van der Waals surface area contributed by atoms with E-state index in [4.69, 9.17) is 4.42 Å². The predicted octanol–water partition coefficient (Wildman–Crippen LogP) is 2.36. The molecule has 0 aliphatic carbocycles. The minimum absolute atomic E-state index is 0.0140. The van der Waals surface area contributed by atoms with E-state index in [-0.39, 0.29) is 5.91 Å². The number of aliphatic carboxylic acids is 1. The summed E-state index contributed by atoms with van der Waals surface area (Å²) < 4.78 is 5.45. The number of aryl methyl sites for hydroxylation is 1. The van der Waals surface area contributed by atoms with Crippen LogP contribution in [-0.2, 0) is 9.59 Å². The van der Waals surface area contributed by atoms with Crippen LogP contribution in [0.25, 0.3) is 0 Å². The van der Waals surface area contributed by atoms with Gasteiger partial charge in [0.1, 0.15) is 11.8 Å². The van der Waals surface area contributed by atoms with Crippen molar-refractivity contribution in [1.29, 1.82) is 0 Å². The minimum Gasteiger partial charge on any atom is -0.481 e. The molecule has 1 aromatic rings. The Labute approximate surface area is 112 Å². The highest BCUT2D eigenvalue weighted by Gasteiger charge is 2.42. The van der Waals surface area contributed by atoms with Crippen LogP contribution in [0.15, 0.2) is 16.7 Å². The van der Waals surface area contributed by atoms with E-state index in [2.05, 4.69) is 0 Å². The van der Waals surface area contributed by atoms with Gasteiger partial charge in [-0.25, -0.2) is 0 Å². The molecule has 2 unspecified atom stereocenters. The smallest absolute Gasteiger partial charge is 0.309 e. The fourth-order valence-corrected chi connectivity index (χ4v) is 2.73. The fraction of sp³-hybridized carbons (Fsp3) is 0.571. The Balaban J connectivity index is 2.41. The molecule has 5 nitrogen and oxygen atoms in total. The van der Waals surface area contributed by atoms with Crippen LogP contribution in [0, 0.1) is 12.8 Å². The molecule has 1 fully saturated rings. The molecule has 104 valence electrons. The van der Waals surface area contributed by atoms with Crippen LogP contribution < -0.4 is 0 Å². The molecule has 0 radical (unpaired) electrons. The SMILES string of the molecule is CCCN1C(=O)CCC(C(=O)O)C1c1occc1C. The van der Waals surface area contributed by atoms with E-state index in [1.165, 1.54) is 0 Å². The molecule has 2 heterocycles. The molecular weight excluding hydrogens is 246 g/mol. The number of hydrogen-bond acceptors (Lipinski definition) is 3. The van der Waals surface area contributed by atoms with Gasteiger partial charge in [-0.15, -0.1) is 0 Å². The molecule has 0 saturated carbocycles. The van der Waals surface area contributed by atoms with Gasteiger partial charge in [-0.2, -0.15) is 0 Å². The molecule has 1 aliphatic heterocycles. The summed E-state index contributed by atoms with van der Waals surface area (Å²) in [5.74, 6) is -0.836. The van der Waals surface area contributed by atoms with Crippen molar-refractivity contribution >= 4 is 11.9 Å². The maximum absolute atomic E-state index is 12.1. The van der Waals surface area contributed by atoms with E-state index in [1.807, 2.05) is 13.8 Å². The highest BCUT2D eigenvalue weighted by Crippen LogP contribution is 2.38. The fourth-order valence-electron chi connectivity index (χ4n) is 2.73. The van der Waals surface area contributed by atoms with Gasteiger partial charge in [-0.1, -0.05) is 6.92 Å². The van der Waals surface area contributed by atoms with Gasteiger partial charge in [-0.05, 0) is 31.4 Å². The Morgan fingerprint density at radius 1 is 1.58 bits per heavy atom. The lowest BCUT2D eigenvalue weighted by atomic mass is 9.86. The summed E-state index contributed by atoms with van der Waals surface area (Å²) in [5.41, 5.74) is 0.895. The number of carboxylic acid groups (broad SMARTS) is 1. The van der Waals surface area contributed by atoms with Crippen molar-refractivity contribution in [2.45, 2.75) is 39.2 Å². The Kier molecular flexibility index (Phi) is 3.93. The third-order valence-corrected chi connectivity index (χ3v) is 3.66. The summed E-state index contributed by atoms with van der Waals surface area (Å²) in [6.45, 7) is 4.41. The van der Waals surface area contributed by atoms with Gasteiger partial charge in [0.2, 0.25) is 5.91 Å². The van der Waals surface area contributed by atoms with Crippen LogP contribution in [0.4, 0.5) is 0 Å². The average Bonchev–Trinajstić information content (AvgIpc) is 2.77. The van der Waals surface area contributed by atoms with Crippen molar-refractivity contribution in [3.63, 3.8) is 0 Å². The number of hydrogen-bond donors (Lipinski definition) is 1. The molecule has 19 heavy (non-hydrogen) atoms. The third kappa shape index (κ3) is 2.50. The number of carbonyl (C=O) groups excluding carboxylic acids is 1. The maximum Gasteiger partial charge on any atom is 0.309 e. The van der Waals surface area contributed by atoms with Gasteiger partial charge in [0.15, 0.2) is 0 Å². The Morgan fingerprint density at radius 3 is 2.84 bits per heavy atom. The highest BCUT2D eigenvalue weighted by atomic mass is 16.4. The Bertz CT molecular complexity index is 480. The van der Waals surface area contributed by atoms with E-state index in [0.29, 0.717) is 25.1 Å². The quantitative estimate of drug-likeness (QED) is 0.907. The molecule has 0 aromatic carbocycles. The van der Waals surface area contributed by atoms with Crippen molar-refractivity contribution in [3.05, 3.63) is 23.7 Å². The third-order valence-electron chi connectivity index (χ3n) is 3.66. The summed E-state index contributed by atoms with van der Waals surface area (Å²) in [6, 6.07) is 1.32. The molecule has 1 aromatic heterocycles. The molecule has 1 saturated heterocycles. The second kappa shape index (κ2) is 5.47. The number of nitrogens with zero attached hydrogens (tertiary/aromatic N) is 1.